The molecule has 2 aromatic rings. The number of hydrogen-bond donors (Lipinski definition) is 1. The highest BCUT2D eigenvalue weighted by molar-refractivity contribution is 6.01. The molecule has 0 aliphatic carbocycles. The number of benzene rings is 2. The van der Waals surface area contributed by atoms with Crippen molar-refractivity contribution >= 4 is 5.78 Å². The number of ketones is 1. The van der Waals surface area contributed by atoms with Crippen LogP contribution in [0.3, 0.4) is 0 Å². The van der Waals surface area contributed by atoms with Crippen molar-refractivity contribution in [1.82, 2.24) is 0 Å². The van der Waals surface area contributed by atoms with Gasteiger partial charge < -0.3 is 14.4 Å². The van der Waals surface area contributed by atoms with Crippen molar-refractivity contribution in [2.24, 2.45) is 0 Å². The fraction of sp³-hybridized carbons (Fsp3) is 0.350. The molecule has 0 saturated carbocycles. The third kappa shape index (κ3) is 4.02. The zero-order valence-corrected chi connectivity index (χ0v) is 14.0. The van der Waals surface area contributed by atoms with E-state index in [0.717, 1.165) is 49.7 Å². The Bertz CT molecular complexity index is 648. The zero-order chi connectivity index (χ0) is 16.8. The lowest BCUT2D eigenvalue weighted by Gasteiger charge is -2.27. The number of morpholine rings is 1. The van der Waals surface area contributed by atoms with Gasteiger partial charge in [-0.05, 0) is 29.8 Å². The Morgan fingerprint density at radius 3 is 2.38 bits per heavy atom. The summed E-state index contributed by atoms with van der Waals surface area (Å²) >= 11 is 0. The van der Waals surface area contributed by atoms with Crippen LogP contribution in [-0.4, -0.2) is 45.7 Å². The van der Waals surface area contributed by atoms with E-state index in [1.165, 1.54) is 4.90 Å². The molecule has 0 amide bonds. The molecule has 0 radical (unpaired) electrons. The summed E-state index contributed by atoms with van der Waals surface area (Å²) in [6.45, 7) is 4.26. The van der Waals surface area contributed by atoms with Crippen LogP contribution in [0, 0.1) is 0 Å². The first kappa shape index (κ1) is 16.7. The summed E-state index contributed by atoms with van der Waals surface area (Å²) in [4.78, 5) is 14.6. The van der Waals surface area contributed by atoms with Crippen LogP contribution in [0.1, 0.15) is 21.8 Å². The average molecular weight is 326 g/mol. The van der Waals surface area contributed by atoms with E-state index in [4.69, 9.17) is 9.47 Å². The third-order valence-corrected chi connectivity index (χ3v) is 4.59. The minimum Gasteiger partial charge on any atom is -0.497 e. The van der Waals surface area contributed by atoms with Gasteiger partial charge in [-0.25, -0.2) is 0 Å². The Hall–Kier alpha value is -2.17. The Balaban J connectivity index is 1.83. The van der Waals surface area contributed by atoms with Gasteiger partial charge in [-0.3, -0.25) is 4.79 Å². The molecule has 0 bridgehead atoms. The van der Waals surface area contributed by atoms with Crippen LogP contribution in [0.5, 0.6) is 5.75 Å². The minimum absolute atomic E-state index is 0.132. The van der Waals surface area contributed by atoms with Crippen molar-refractivity contribution in [3.63, 3.8) is 0 Å². The van der Waals surface area contributed by atoms with Gasteiger partial charge in [0, 0.05) is 5.56 Å². The third-order valence-electron chi connectivity index (χ3n) is 4.59. The molecule has 1 aliphatic heterocycles. The first-order chi connectivity index (χ1) is 11.8. The monoisotopic (exact) mass is 326 g/mol. The van der Waals surface area contributed by atoms with Crippen molar-refractivity contribution in [3.05, 3.63) is 65.7 Å². The summed E-state index contributed by atoms with van der Waals surface area (Å²) in [6.07, 6.45) is 0. The van der Waals surface area contributed by atoms with E-state index in [1.807, 2.05) is 54.6 Å². The second-order valence-electron chi connectivity index (χ2n) is 6.12. The molecule has 1 aliphatic rings. The summed E-state index contributed by atoms with van der Waals surface area (Å²) < 4.78 is 10.6. The van der Waals surface area contributed by atoms with Gasteiger partial charge in [0.05, 0.1) is 32.8 Å². The largest absolute Gasteiger partial charge is 0.497 e. The molecule has 4 nitrogen and oxygen atoms in total. The maximum absolute atomic E-state index is 13.1. The Morgan fingerprint density at radius 1 is 1.08 bits per heavy atom. The van der Waals surface area contributed by atoms with Crippen molar-refractivity contribution in [3.8, 4) is 5.75 Å². The molecule has 1 heterocycles. The van der Waals surface area contributed by atoms with E-state index in [-0.39, 0.29) is 11.7 Å². The van der Waals surface area contributed by atoms with Crippen LogP contribution in [0.4, 0.5) is 0 Å². The molecule has 0 aromatic heterocycles. The van der Waals surface area contributed by atoms with Crippen LogP contribution < -0.4 is 9.64 Å². The topological polar surface area (TPSA) is 40.0 Å². The molecule has 24 heavy (non-hydrogen) atoms. The molecule has 3 rings (SSSR count). The summed E-state index contributed by atoms with van der Waals surface area (Å²) in [6, 6.07) is 17.5. The summed E-state index contributed by atoms with van der Waals surface area (Å²) in [5.74, 6) is 0.803. The van der Waals surface area contributed by atoms with Crippen molar-refractivity contribution in [1.29, 1.82) is 0 Å². The lowest BCUT2D eigenvalue weighted by molar-refractivity contribution is -0.908. The average Bonchev–Trinajstić information content (AvgIpc) is 2.67. The smallest absolute Gasteiger partial charge is 0.175 e. The lowest BCUT2D eigenvalue weighted by Crippen LogP contribution is -3.14. The van der Waals surface area contributed by atoms with E-state index < -0.39 is 0 Å². The Kier molecular flexibility index (Phi) is 5.62. The molecule has 126 valence electrons. The molecule has 1 N–H and O–H groups in total. The van der Waals surface area contributed by atoms with Gasteiger partial charge in [0.2, 0.25) is 0 Å². The van der Waals surface area contributed by atoms with Crippen molar-refractivity contribution < 1.29 is 19.2 Å². The molecular formula is C20H24NO3+. The van der Waals surface area contributed by atoms with Crippen LogP contribution in [-0.2, 0) is 4.74 Å². The van der Waals surface area contributed by atoms with Gasteiger partial charge in [0.25, 0.3) is 0 Å². The number of nitrogens with one attached hydrogen (secondary N) is 1. The number of ether oxygens (including phenoxy) is 2. The van der Waals surface area contributed by atoms with E-state index in [9.17, 15) is 4.79 Å². The van der Waals surface area contributed by atoms with Crippen molar-refractivity contribution in [2.75, 3.05) is 40.0 Å². The van der Waals surface area contributed by atoms with Gasteiger partial charge >= 0.3 is 0 Å². The first-order valence-corrected chi connectivity index (χ1v) is 8.42. The first-order valence-electron chi connectivity index (χ1n) is 8.42. The normalized spacial score (nSPS) is 16.5. The number of rotatable bonds is 6. The number of carbonyl (C=O) groups excluding carboxylic acids is 1. The lowest BCUT2D eigenvalue weighted by atomic mass is 9.90. The highest BCUT2D eigenvalue weighted by Gasteiger charge is 2.28. The van der Waals surface area contributed by atoms with Crippen LogP contribution >= 0.6 is 0 Å². The summed E-state index contributed by atoms with van der Waals surface area (Å²) in [5, 5.41) is 0. The van der Waals surface area contributed by atoms with Crippen LogP contribution in [0.15, 0.2) is 54.6 Å². The maximum Gasteiger partial charge on any atom is 0.175 e. The molecule has 4 heteroatoms. The quantitative estimate of drug-likeness (QED) is 0.819. The highest BCUT2D eigenvalue weighted by Crippen LogP contribution is 2.21. The SMILES string of the molecule is COc1ccc(C(=O)[C@H](C[NH+]2CCOCC2)c2ccccc2)cc1. The maximum atomic E-state index is 13.1. The number of methoxy groups -OCH3 is 1. The predicted molar refractivity (Wildman–Crippen MR) is 92.9 cm³/mol. The second-order valence-corrected chi connectivity index (χ2v) is 6.12. The molecule has 1 atom stereocenters. The molecule has 1 saturated heterocycles. The number of Topliss-reactive ketones (excluding diaryl/α,β-unsaturated/α-hetero) is 1. The Morgan fingerprint density at radius 2 is 1.75 bits per heavy atom. The fourth-order valence-corrected chi connectivity index (χ4v) is 3.16. The van der Waals surface area contributed by atoms with E-state index in [0.29, 0.717) is 0 Å². The second kappa shape index (κ2) is 8.08. The molecular weight excluding hydrogens is 302 g/mol. The highest BCUT2D eigenvalue weighted by atomic mass is 16.5. The van der Waals surface area contributed by atoms with E-state index >= 15 is 0 Å². The molecule has 2 aromatic carbocycles. The number of hydrogen-bond acceptors (Lipinski definition) is 3. The Labute approximate surface area is 143 Å². The zero-order valence-electron chi connectivity index (χ0n) is 14.0. The number of quaternary nitrogens is 1. The predicted octanol–water partition coefficient (Wildman–Crippen LogP) is 1.58. The van der Waals surface area contributed by atoms with Crippen LogP contribution in [0.2, 0.25) is 0 Å². The summed E-state index contributed by atoms with van der Waals surface area (Å²) in [5.41, 5.74) is 1.81. The van der Waals surface area contributed by atoms with Crippen LogP contribution in [0.25, 0.3) is 0 Å². The minimum atomic E-state index is -0.132. The van der Waals surface area contributed by atoms with E-state index in [2.05, 4.69) is 0 Å². The van der Waals surface area contributed by atoms with Gasteiger partial charge in [-0.2, -0.15) is 0 Å². The van der Waals surface area contributed by atoms with Crippen molar-refractivity contribution in [2.45, 2.75) is 5.92 Å². The van der Waals surface area contributed by atoms with Gasteiger partial charge in [-0.1, -0.05) is 30.3 Å². The van der Waals surface area contributed by atoms with Gasteiger partial charge in [0.1, 0.15) is 18.8 Å². The fourth-order valence-electron chi connectivity index (χ4n) is 3.16. The molecule has 0 spiro atoms. The molecule has 1 fully saturated rings. The summed E-state index contributed by atoms with van der Waals surface area (Å²) in [7, 11) is 1.63. The van der Waals surface area contributed by atoms with E-state index in [1.54, 1.807) is 7.11 Å². The molecule has 0 unspecified atom stereocenters. The van der Waals surface area contributed by atoms with Gasteiger partial charge in [-0.15, -0.1) is 0 Å². The van der Waals surface area contributed by atoms with Gasteiger partial charge in [0.15, 0.2) is 5.78 Å². The standard InChI is InChI=1S/C20H23NO3/c1-23-18-9-7-17(8-10-18)20(22)19(16-5-3-2-4-6-16)15-21-11-13-24-14-12-21/h2-10,19H,11-15H2,1H3/p+1/t19-/m1/s1. The number of carbonyl (C=O) groups is 1.